The third kappa shape index (κ3) is 5.44. The molecule has 0 radical (unpaired) electrons. The first kappa shape index (κ1) is 29.1. The lowest BCUT2D eigenvalue weighted by Gasteiger charge is -2.24. The number of amides is 1. The van der Waals surface area contributed by atoms with Crippen LogP contribution in [0.5, 0.6) is 23.0 Å². The van der Waals surface area contributed by atoms with Gasteiger partial charge in [0.25, 0.3) is 5.78 Å². The molecule has 1 aromatic heterocycles. The lowest BCUT2D eigenvalue weighted by Crippen LogP contribution is -2.29. The van der Waals surface area contributed by atoms with E-state index in [9.17, 15) is 19.5 Å². The number of aromatic nitrogens is 1. The van der Waals surface area contributed by atoms with Gasteiger partial charge >= 0.3 is 5.91 Å². The van der Waals surface area contributed by atoms with Crippen LogP contribution in [0.25, 0.3) is 5.76 Å². The van der Waals surface area contributed by atoms with E-state index in [1.807, 2.05) is 6.92 Å². The van der Waals surface area contributed by atoms with Crippen LogP contribution >= 0.6 is 11.3 Å². The summed E-state index contributed by atoms with van der Waals surface area (Å²) in [6, 6.07) is 8.93. The van der Waals surface area contributed by atoms with Crippen molar-refractivity contribution in [2.45, 2.75) is 46.6 Å². The highest BCUT2D eigenvalue weighted by Crippen LogP contribution is 2.46. The Kier molecular flexibility index (Phi) is 8.49. The molecule has 1 saturated heterocycles. The minimum absolute atomic E-state index is 0.129. The van der Waals surface area contributed by atoms with E-state index in [4.69, 9.17) is 18.9 Å². The summed E-state index contributed by atoms with van der Waals surface area (Å²) in [6.07, 6.45) is 1.83. The predicted octanol–water partition coefficient (Wildman–Crippen LogP) is 5.63. The monoisotopic (exact) mass is 592 g/mol. The van der Waals surface area contributed by atoms with E-state index in [0.717, 1.165) is 24.2 Å². The number of aliphatic hydroxyl groups is 1. The average Bonchev–Trinajstić information content (AvgIpc) is 3.49. The molecule has 220 valence electrons. The maximum absolute atomic E-state index is 13.6. The molecule has 2 aliphatic heterocycles. The Labute approximate surface area is 247 Å². The van der Waals surface area contributed by atoms with E-state index in [2.05, 4.69) is 11.9 Å². The molecule has 1 amide bonds. The van der Waals surface area contributed by atoms with Crippen LogP contribution in [0.15, 0.2) is 42.0 Å². The average molecular weight is 593 g/mol. The number of aliphatic hydroxyl groups excluding tert-OH is 1. The van der Waals surface area contributed by atoms with Crippen LogP contribution in [-0.2, 0) is 9.59 Å². The summed E-state index contributed by atoms with van der Waals surface area (Å²) >= 11 is 1.02. The van der Waals surface area contributed by atoms with Gasteiger partial charge in [-0.1, -0.05) is 30.7 Å². The van der Waals surface area contributed by atoms with Crippen molar-refractivity contribution in [1.29, 1.82) is 0 Å². The van der Waals surface area contributed by atoms with E-state index in [0.29, 0.717) is 65.6 Å². The first-order valence-corrected chi connectivity index (χ1v) is 14.7. The van der Waals surface area contributed by atoms with Gasteiger partial charge in [0.1, 0.15) is 19.0 Å². The lowest BCUT2D eigenvalue weighted by molar-refractivity contribution is -0.132. The number of thiazole rings is 1. The number of unbranched alkanes of at least 4 members (excludes halogenated alkanes) is 1. The SMILES string of the molecule is CCCCOc1ccc(C2/C(=C(\O)c3ccc4c(c3)OCCO4)C(=O)C(=O)N2c2nc(C)c(C(C)=O)s2)cc1OCC. The molecular weight excluding hydrogens is 560 g/mol. The molecule has 1 unspecified atom stereocenters. The summed E-state index contributed by atoms with van der Waals surface area (Å²) in [6.45, 7) is 8.62. The number of ether oxygens (including phenoxy) is 4. The van der Waals surface area contributed by atoms with Crippen molar-refractivity contribution in [3.63, 3.8) is 0 Å². The molecule has 10 nitrogen and oxygen atoms in total. The van der Waals surface area contributed by atoms with Gasteiger partial charge in [-0.15, -0.1) is 0 Å². The Morgan fingerprint density at radius 3 is 2.52 bits per heavy atom. The van der Waals surface area contributed by atoms with Crippen LogP contribution in [0, 0.1) is 6.92 Å². The molecule has 0 spiro atoms. The highest BCUT2D eigenvalue weighted by atomic mass is 32.1. The molecule has 11 heteroatoms. The number of Topliss-reactive ketones (excluding diaryl/α,β-unsaturated/α-hetero) is 2. The third-order valence-electron chi connectivity index (χ3n) is 6.91. The van der Waals surface area contributed by atoms with Crippen molar-refractivity contribution < 1.29 is 38.4 Å². The molecule has 0 aliphatic carbocycles. The Balaban J connectivity index is 1.68. The van der Waals surface area contributed by atoms with E-state index in [1.165, 1.54) is 11.8 Å². The lowest BCUT2D eigenvalue weighted by atomic mass is 9.95. The molecule has 0 saturated carbocycles. The van der Waals surface area contributed by atoms with E-state index in [-0.39, 0.29) is 27.8 Å². The fourth-order valence-electron chi connectivity index (χ4n) is 4.91. The van der Waals surface area contributed by atoms with Gasteiger partial charge in [-0.2, -0.15) is 0 Å². The normalized spacial score (nSPS) is 17.4. The summed E-state index contributed by atoms with van der Waals surface area (Å²) in [5, 5.41) is 11.8. The first-order valence-electron chi connectivity index (χ1n) is 13.8. The van der Waals surface area contributed by atoms with Gasteiger partial charge < -0.3 is 24.1 Å². The molecule has 5 rings (SSSR count). The minimum Gasteiger partial charge on any atom is -0.507 e. The highest BCUT2D eigenvalue weighted by molar-refractivity contribution is 7.18. The predicted molar refractivity (Wildman–Crippen MR) is 157 cm³/mol. The molecule has 1 atom stereocenters. The Morgan fingerprint density at radius 1 is 1.07 bits per heavy atom. The van der Waals surface area contributed by atoms with Crippen LogP contribution < -0.4 is 23.8 Å². The second-order valence-corrected chi connectivity index (χ2v) is 10.8. The zero-order chi connectivity index (χ0) is 30.0. The van der Waals surface area contributed by atoms with Crippen LogP contribution in [-0.4, -0.2) is 54.0 Å². The standard InChI is InChI=1S/C31H32N2O8S/c1-5-7-12-39-21-10-8-19(15-23(21)38-6-2)26-25(27(35)20-9-11-22-24(16-20)41-14-13-40-22)28(36)30(37)33(26)31-32-17(3)29(42-31)18(4)34/h8-11,15-16,26,35H,5-7,12-14H2,1-4H3/b27-25+. The largest absolute Gasteiger partial charge is 0.507 e. The van der Waals surface area contributed by atoms with Crippen LogP contribution in [0.1, 0.15) is 66.1 Å². The number of hydrogen-bond acceptors (Lipinski definition) is 10. The summed E-state index contributed by atoms with van der Waals surface area (Å²) < 4.78 is 23.1. The fourth-order valence-corrected chi connectivity index (χ4v) is 5.90. The molecule has 1 N–H and O–H groups in total. The first-order chi connectivity index (χ1) is 20.2. The Bertz CT molecular complexity index is 1580. The molecule has 2 aromatic carbocycles. The molecule has 2 aliphatic rings. The quantitative estimate of drug-likeness (QED) is 0.105. The number of carbonyl (C=O) groups is 3. The van der Waals surface area contributed by atoms with E-state index >= 15 is 0 Å². The molecule has 0 bridgehead atoms. The molecule has 1 fully saturated rings. The van der Waals surface area contributed by atoms with E-state index < -0.39 is 17.7 Å². The van der Waals surface area contributed by atoms with Gasteiger partial charge in [0.05, 0.1) is 35.4 Å². The van der Waals surface area contributed by atoms with Crippen LogP contribution in [0.2, 0.25) is 0 Å². The molecule has 3 heterocycles. The van der Waals surface area contributed by atoms with Crippen molar-refractivity contribution in [3.05, 3.63) is 63.7 Å². The fraction of sp³-hybridized carbons (Fsp3) is 0.355. The second kappa shape index (κ2) is 12.2. The van der Waals surface area contributed by atoms with Gasteiger partial charge in [0.15, 0.2) is 33.9 Å². The highest BCUT2D eigenvalue weighted by Gasteiger charge is 2.48. The van der Waals surface area contributed by atoms with Crippen molar-refractivity contribution in [3.8, 4) is 23.0 Å². The molecular formula is C31H32N2O8S. The zero-order valence-electron chi connectivity index (χ0n) is 23.9. The summed E-state index contributed by atoms with van der Waals surface area (Å²) in [7, 11) is 0. The number of ketones is 2. The van der Waals surface area contributed by atoms with Crippen molar-refractivity contribution >= 4 is 39.7 Å². The van der Waals surface area contributed by atoms with Crippen molar-refractivity contribution in [2.24, 2.45) is 0 Å². The molecule has 42 heavy (non-hydrogen) atoms. The maximum Gasteiger partial charge on any atom is 0.301 e. The van der Waals surface area contributed by atoms with Gasteiger partial charge in [-0.3, -0.25) is 19.3 Å². The van der Waals surface area contributed by atoms with Gasteiger partial charge in [0, 0.05) is 12.5 Å². The second-order valence-electron chi connectivity index (χ2n) is 9.84. The van der Waals surface area contributed by atoms with Crippen LogP contribution in [0.3, 0.4) is 0 Å². The number of fused-ring (bicyclic) bond motifs is 1. The smallest absolute Gasteiger partial charge is 0.301 e. The third-order valence-corrected chi connectivity index (χ3v) is 8.17. The van der Waals surface area contributed by atoms with Crippen LogP contribution in [0.4, 0.5) is 5.13 Å². The Hall–Kier alpha value is -4.38. The number of benzene rings is 2. The number of hydrogen-bond donors (Lipinski definition) is 1. The Morgan fingerprint density at radius 2 is 1.83 bits per heavy atom. The maximum atomic E-state index is 13.6. The number of anilines is 1. The summed E-state index contributed by atoms with van der Waals surface area (Å²) in [5.41, 5.74) is 1.10. The van der Waals surface area contributed by atoms with E-state index in [1.54, 1.807) is 43.3 Å². The topological polar surface area (TPSA) is 124 Å². The number of aryl methyl sites for hydroxylation is 1. The number of nitrogens with zero attached hydrogens (tertiary/aromatic N) is 2. The van der Waals surface area contributed by atoms with Gasteiger partial charge in [-0.05, 0) is 56.2 Å². The summed E-state index contributed by atoms with van der Waals surface area (Å²) in [5.74, 6) is -0.422. The van der Waals surface area contributed by atoms with Gasteiger partial charge in [0.2, 0.25) is 0 Å². The number of rotatable bonds is 10. The van der Waals surface area contributed by atoms with Crippen molar-refractivity contribution in [1.82, 2.24) is 4.98 Å². The summed E-state index contributed by atoms with van der Waals surface area (Å²) in [4.78, 5) is 45.6. The van der Waals surface area contributed by atoms with Crippen molar-refractivity contribution in [2.75, 3.05) is 31.3 Å². The van der Waals surface area contributed by atoms with Gasteiger partial charge in [-0.25, -0.2) is 4.98 Å². The minimum atomic E-state index is -1.06. The number of carbonyl (C=O) groups excluding carboxylic acids is 3. The zero-order valence-corrected chi connectivity index (χ0v) is 24.7. The molecule has 3 aromatic rings.